The third-order valence-electron chi connectivity index (χ3n) is 6.66. The number of carbonyl (C=O) groups is 2. The van der Waals surface area contributed by atoms with E-state index in [-0.39, 0.29) is 47.8 Å². The number of nitrogens with zero attached hydrogens (tertiary/aromatic N) is 7. The molecule has 2 amide bonds. The highest BCUT2D eigenvalue weighted by molar-refractivity contribution is 7.98. The number of hydrogen-bond acceptors (Lipinski definition) is 9. The summed E-state index contributed by atoms with van der Waals surface area (Å²) < 4.78 is 40.0. The minimum Gasteiger partial charge on any atom is -0.444 e. The number of carbonyl (C=O) groups excluding carboxylic acids is 2. The van der Waals surface area contributed by atoms with Crippen LogP contribution < -0.4 is 10.1 Å². The van der Waals surface area contributed by atoms with Crippen molar-refractivity contribution in [1.29, 1.82) is 5.26 Å². The van der Waals surface area contributed by atoms with Gasteiger partial charge in [-0.2, -0.15) is 24.2 Å². The van der Waals surface area contributed by atoms with Gasteiger partial charge in [-0.3, -0.25) is 9.48 Å². The zero-order chi connectivity index (χ0) is 30.9. The van der Waals surface area contributed by atoms with Crippen molar-refractivity contribution in [3.05, 3.63) is 54.6 Å². The number of nitrogens with one attached hydrogen (secondary N) is 1. The van der Waals surface area contributed by atoms with Gasteiger partial charge in [-0.1, -0.05) is 0 Å². The molecule has 1 fully saturated rings. The normalized spacial score (nSPS) is 14.3. The number of fused-ring (bicyclic) bond motifs is 1. The maximum atomic E-state index is 13.5. The highest BCUT2D eigenvalue weighted by Gasteiger charge is 2.49. The summed E-state index contributed by atoms with van der Waals surface area (Å²) >= 11 is 1.38. The number of amides is 2. The maximum Gasteiger partial charge on any atom is 0.410 e. The number of aromatic nitrogens is 5. The summed E-state index contributed by atoms with van der Waals surface area (Å²) in [5, 5.41) is 21.4. The number of anilines is 1. The van der Waals surface area contributed by atoms with E-state index in [0.29, 0.717) is 5.65 Å². The van der Waals surface area contributed by atoms with Crippen LogP contribution in [-0.2, 0) is 10.3 Å². The van der Waals surface area contributed by atoms with Crippen LogP contribution >= 0.6 is 11.8 Å². The molecule has 1 aliphatic heterocycles. The lowest BCUT2D eigenvalue weighted by atomic mass is 9.87. The molecule has 1 N–H and O–H groups in total. The molecule has 4 aromatic rings. The van der Waals surface area contributed by atoms with Gasteiger partial charge in [0.1, 0.15) is 28.1 Å². The number of likely N-dealkylation sites (tertiary alicyclic amines) is 1. The molecule has 0 aliphatic carbocycles. The minimum absolute atomic E-state index is 0.0238. The number of ether oxygens (including phenoxy) is 2. The molecule has 5 rings (SSSR count). The summed E-state index contributed by atoms with van der Waals surface area (Å²) in [6, 6.07) is 8.49. The first-order valence-corrected chi connectivity index (χ1v) is 14.3. The smallest absolute Gasteiger partial charge is 0.410 e. The Balaban J connectivity index is 1.58. The molecule has 12 nitrogen and oxygen atoms in total. The predicted molar refractivity (Wildman–Crippen MR) is 153 cm³/mol. The fraction of sp³-hybridized carbons (Fsp3) is 0.357. The van der Waals surface area contributed by atoms with Crippen molar-refractivity contribution in [2.75, 3.05) is 24.7 Å². The summed E-state index contributed by atoms with van der Waals surface area (Å²) in [6.07, 6.45) is 7.32. The van der Waals surface area contributed by atoms with E-state index in [2.05, 4.69) is 21.5 Å². The molecule has 3 aromatic heterocycles. The van der Waals surface area contributed by atoms with Gasteiger partial charge in [-0.15, -0.1) is 11.8 Å². The van der Waals surface area contributed by atoms with Gasteiger partial charge in [0.2, 0.25) is 0 Å². The standard InChI is InChI=1S/C28H28F2N8O4S/c1-27(2,3)42-26(40)36-15-28(16-36,8-9-31)38-14-20(34-24(39)19-13-33-37-11-5-10-32-23(19)37)22(35-38)18-12-17(43-4)6-7-21(18)41-25(29)30/h5-7,10-14,25H,8,15-16H2,1-4H3,(H,34,39). The van der Waals surface area contributed by atoms with Crippen LogP contribution in [0.1, 0.15) is 37.6 Å². The molecule has 15 heteroatoms. The molecule has 224 valence electrons. The second-order valence-electron chi connectivity index (χ2n) is 10.9. The van der Waals surface area contributed by atoms with Gasteiger partial charge in [0.05, 0.1) is 43.7 Å². The zero-order valence-corrected chi connectivity index (χ0v) is 24.6. The highest BCUT2D eigenvalue weighted by Crippen LogP contribution is 2.41. The molecule has 43 heavy (non-hydrogen) atoms. The number of nitriles is 1. The van der Waals surface area contributed by atoms with Crippen molar-refractivity contribution in [1.82, 2.24) is 29.3 Å². The number of alkyl halides is 2. The van der Waals surface area contributed by atoms with Gasteiger partial charge < -0.3 is 19.7 Å². The van der Waals surface area contributed by atoms with Crippen molar-refractivity contribution in [2.24, 2.45) is 0 Å². The summed E-state index contributed by atoms with van der Waals surface area (Å²) in [7, 11) is 0. The van der Waals surface area contributed by atoms with E-state index in [1.807, 2.05) is 6.26 Å². The molecule has 0 atom stereocenters. The van der Waals surface area contributed by atoms with E-state index in [1.54, 1.807) is 45.2 Å². The number of hydrogen-bond donors (Lipinski definition) is 1. The fourth-order valence-electron chi connectivity index (χ4n) is 4.71. The van der Waals surface area contributed by atoms with Crippen molar-refractivity contribution in [2.45, 2.75) is 49.8 Å². The highest BCUT2D eigenvalue weighted by atomic mass is 32.2. The van der Waals surface area contributed by atoms with Crippen molar-refractivity contribution in [3.63, 3.8) is 0 Å². The average Bonchev–Trinajstić information content (AvgIpc) is 3.54. The molecule has 1 saturated heterocycles. The van der Waals surface area contributed by atoms with Crippen LogP contribution in [0.3, 0.4) is 0 Å². The Bertz CT molecular complexity index is 1720. The Morgan fingerprint density at radius 3 is 2.72 bits per heavy atom. The first-order valence-electron chi connectivity index (χ1n) is 13.1. The monoisotopic (exact) mass is 610 g/mol. The van der Waals surface area contributed by atoms with E-state index in [4.69, 9.17) is 14.6 Å². The van der Waals surface area contributed by atoms with E-state index in [1.165, 1.54) is 50.5 Å². The van der Waals surface area contributed by atoms with Crippen LogP contribution in [0.2, 0.25) is 0 Å². The van der Waals surface area contributed by atoms with Gasteiger partial charge in [-0.25, -0.2) is 14.3 Å². The Morgan fingerprint density at radius 1 is 1.28 bits per heavy atom. The number of benzene rings is 1. The maximum absolute atomic E-state index is 13.5. The Hall–Kier alpha value is -4.71. The SMILES string of the molecule is CSc1ccc(OC(F)F)c(-c2nn(C3(CC#N)CN(C(=O)OC(C)(C)C)C3)cc2NC(=O)c2cnn3cccnc23)c1. The lowest BCUT2D eigenvalue weighted by Crippen LogP contribution is -2.64. The summed E-state index contributed by atoms with van der Waals surface area (Å²) in [5.41, 5.74) is -0.675. The van der Waals surface area contributed by atoms with Crippen LogP contribution in [0.25, 0.3) is 16.9 Å². The number of halogens is 2. The largest absolute Gasteiger partial charge is 0.444 e. The lowest BCUT2D eigenvalue weighted by molar-refractivity contribution is -0.0495. The van der Waals surface area contributed by atoms with E-state index in [0.717, 1.165) is 4.90 Å². The van der Waals surface area contributed by atoms with Gasteiger partial charge in [0.25, 0.3) is 5.91 Å². The Kier molecular flexibility index (Phi) is 7.98. The molecule has 0 unspecified atom stereocenters. The third kappa shape index (κ3) is 6.09. The van der Waals surface area contributed by atoms with Crippen LogP contribution in [0.15, 0.2) is 53.9 Å². The molecular weight excluding hydrogens is 582 g/mol. The molecule has 0 bridgehead atoms. The first-order chi connectivity index (χ1) is 20.4. The van der Waals surface area contributed by atoms with Gasteiger partial charge >= 0.3 is 12.7 Å². The summed E-state index contributed by atoms with van der Waals surface area (Å²) in [4.78, 5) is 32.6. The average molecular weight is 611 g/mol. The third-order valence-corrected chi connectivity index (χ3v) is 7.39. The second-order valence-corrected chi connectivity index (χ2v) is 11.8. The van der Waals surface area contributed by atoms with E-state index in [9.17, 15) is 23.6 Å². The Morgan fingerprint density at radius 2 is 2.05 bits per heavy atom. The van der Waals surface area contributed by atoms with Crippen LogP contribution in [0.4, 0.5) is 19.3 Å². The molecule has 0 radical (unpaired) electrons. The van der Waals surface area contributed by atoms with E-state index < -0.39 is 29.8 Å². The first kappa shape index (κ1) is 29.8. The zero-order valence-electron chi connectivity index (χ0n) is 23.7. The predicted octanol–water partition coefficient (Wildman–Crippen LogP) is 5.03. The molecule has 0 saturated carbocycles. The number of rotatable bonds is 8. The van der Waals surface area contributed by atoms with Crippen LogP contribution in [0, 0.1) is 11.3 Å². The molecule has 1 aromatic carbocycles. The lowest BCUT2D eigenvalue weighted by Gasteiger charge is -2.48. The summed E-state index contributed by atoms with van der Waals surface area (Å²) in [5.74, 6) is -0.713. The minimum atomic E-state index is -3.11. The van der Waals surface area contributed by atoms with Crippen molar-refractivity contribution in [3.8, 4) is 23.1 Å². The fourth-order valence-corrected chi connectivity index (χ4v) is 5.15. The quantitative estimate of drug-likeness (QED) is 0.272. The van der Waals surface area contributed by atoms with Crippen molar-refractivity contribution < 1.29 is 27.8 Å². The van der Waals surface area contributed by atoms with Gasteiger partial charge in [0.15, 0.2) is 5.65 Å². The topological polar surface area (TPSA) is 140 Å². The second kappa shape index (κ2) is 11.5. The number of thioether (sulfide) groups is 1. The molecule has 1 aliphatic rings. The van der Waals surface area contributed by atoms with Crippen LogP contribution in [0.5, 0.6) is 5.75 Å². The Labute approximate surface area is 249 Å². The molecular formula is C28H28F2N8O4S. The van der Waals surface area contributed by atoms with E-state index >= 15 is 0 Å². The van der Waals surface area contributed by atoms with Gasteiger partial charge in [-0.05, 0) is 51.3 Å². The van der Waals surface area contributed by atoms with Crippen molar-refractivity contribution >= 4 is 35.1 Å². The van der Waals surface area contributed by atoms with Gasteiger partial charge in [0, 0.05) is 22.9 Å². The van der Waals surface area contributed by atoms with Crippen LogP contribution in [-0.4, -0.2) is 72.8 Å². The molecule has 0 spiro atoms. The summed E-state index contributed by atoms with van der Waals surface area (Å²) in [6.45, 7) is 2.36. The molecule has 4 heterocycles.